The van der Waals surface area contributed by atoms with Gasteiger partial charge in [0.2, 0.25) is 0 Å². The fraction of sp³-hybridized carbons (Fsp3) is 0.500. The Morgan fingerprint density at radius 2 is 2.24 bits per heavy atom. The third kappa shape index (κ3) is 2.19. The summed E-state index contributed by atoms with van der Waals surface area (Å²) in [5.41, 5.74) is 1.64. The molecule has 0 fully saturated rings. The smallest absolute Gasteiger partial charge is 0.303 e. The highest BCUT2D eigenvalue weighted by Gasteiger charge is 2.35. The first-order valence-corrected chi connectivity index (χ1v) is 6.00. The summed E-state index contributed by atoms with van der Waals surface area (Å²) >= 11 is 0. The van der Waals surface area contributed by atoms with E-state index in [-0.39, 0.29) is 24.1 Å². The van der Waals surface area contributed by atoms with Crippen molar-refractivity contribution in [2.75, 3.05) is 0 Å². The molecule has 0 aliphatic heterocycles. The number of hydrogen-bond donors (Lipinski definition) is 1. The van der Waals surface area contributed by atoms with Crippen molar-refractivity contribution in [3.8, 4) is 0 Å². The van der Waals surface area contributed by atoms with E-state index in [4.69, 9.17) is 5.11 Å². The summed E-state index contributed by atoms with van der Waals surface area (Å²) < 4.78 is 13.9. The van der Waals surface area contributed by atoms with E-state index >= 15 is 0 Å². The molecule has 0 saturated heterocycles. The lowest BCUT2D eigenvalue weighted by atomic mass is 9.89. The van der Waals surface area contributed by atoms with Crippen LogP contribution < -0.4 is 0 Å². The number of hydrogen-bond acceptors (Lipinski definition) is 1. The number of rotatable bonds is 3. The minimum atomic E-state index is -0.811. The third-order valence-corrected chi connectivity index (χ3v) is 3.66. The van der Waals surface area contributed by atoms with Gasteiger partial charge in [0.15, 0.2) is 0 Å². The molecule has 92 valence electrons. The molecule has 2 unspecified atom stereocenters. The Balaban J connectivity index is 2.41. The quantitative estimate of drug-likeness (QED) is 0.871. The molecule has 2 nitrogen and oxygen atoms in total. The van der Waals surface area contributed by atoms with Gasteiger partial charge in [-0.2, -0.15) is 0 Å². The van der Waals surface area contributed by atoms with Gasteiger partial charge in [-0.3, -0.25) is 4.79 Å². The minimum absolute atomic E-state index is 0.0365. The van der Waals surface area contributed by atoms with Crippen LogP contribution in [0.5, 0.6) is 0 Å². The van der Waals surface area contributed by atoms with Crippen molar-refractivity contribution in [1.29, 1.82) is 0 Å². The van der Waals surface area contributed by atoms with Gasteiger partial charge in [0.05, 0.1) is 6.42 Å². The van der Waals surface area contributed by atoms with E-state index in [1.807, 2.05) is 6.07 Å². The molecule has 1 aliphatic rings. The highest BCUT2D eigenvalue weighted by atomic mass is 19.1. The van der Waals surface area contributed by atoms with E-state index in [1.165, 1.54) is 6.07 Å². The Kier molecular flexibility index (Phi) is 3.18. The molecule has 17 heavy (non-hydrogen) atoms. The number of carboxylic acid groups (broad SMARTS) is 1. The summed E-state index contributed by atoms with van der Waals surface area (Å²) in [6.07, 6.45) is 0.847. The number of fused-ring (bicyclic) bond motifs is 1. The minimum Gasteiger partial charge on any atom is -0.481 e. The Labute approximate surface area is 100 Å². The van der Waals surface area contributed by atoms with Gasteiger partial charge in [-0.05, 0) is 41.4 Å². The van der Waals surface area contributed by atoms with Crippen LogP contribution in [0.25, 0.3) is 0 Å². The monoisotopic (exact) mass is 236 g/mol. The molecule has 0 radical (unpaired) electrons. The maximum absolute atomic E-state index is 13.9. The van der Waals surface area contributed by atoms with Crippen LogP contribution >= 0.6 is 0 Å². The maximum atomic E-state index is 13.9. The largest absolute Gasteiger partial charge is 0.481 e. The first-order chi connectivity index (χ1) is 8.00. The van der Waals surface area contributed by atoms with Gasteiger partial charge in [-0.1, -0.05) is 26.0 Å². The average molecular weight is 236 g/mol. The second kappa shape index (κ2) is 4.47. The second-order valence-electron chi connectivity index (χ2n) is 5.12. The van der Waals surface area contributed by atoms with Gasteiger partial charge in [0.25, 0.3) is 0 Å². The molecule has 0 saturated carbocycles. The normalized spacial score (nSPS) is 22.8. The molecule has 2 rings (SSSR count). The topological polar surface area (TPSA) is 37.3 Å². The summed E-state index contributed by atoms with van der Waals surface area (Å²) in [6.45, 7) is 4.12. The van der Waals surface area contributed by atoms with E-state index in [9.17, 15) is 9.18 Å². The summed E-state index contributed by atoms with van der Waals surface area (Å²) in [4.78, 5) is 10.8. The van der Waals surface area contributed by atoms with Gasteiger partial charge in [-0.15, -0.1) is 0 Å². The zero-order valence-electron chi connectivity index (χ0n) is 10.1. The van der Waals surface area contributed by atoms with Crippen LogP contribution in [-0.4, -0.2) is 11.1 Å². The predicted molar refractivity (Wildman–Crippen MR) is 63.6 cm³/mol. The van der Waals surface area contributed by atoms with Gasteiger partial charge in [0.1, 0.15) is 5.82 Å². The van der Waals surface area contributed by atoms with Crippen LogP contribution in [0.1, 0.15) is 49.7 Å². The fourth-order valence-corrected chi connectivity index (χ4v) is 2.86. The molecule has 2 atom stereocenters. The van der Waals surface area contributed by atoms with Crippen LogP contribution in [0.4, 0.5) is 4.39 Å². The second-order valence-corrected chi connectivity index (χ2v) is 5.12. The first-order valence-electron chi connectivity index (χ1n) is 6.00. The van der Waals surface area contributed by atoms with Crippen LogP contribution in [0.2, 0.25) is 0 Å². The first kappa shape index (κ1) is 12.1. The zero-order chi connectivity index (χ0) is 12.6. The Hall–Kier alpha value is -1.38. The van der Waals surface area contributed by atoms with Crippen LogP contribution in [-0.2, 0) is 4.79 Å². The molecule has 0 spiro atoms. The van der Waals surface area contributed by atoms with Gasteiger partial charge in [-0.25, -0.2) is 4.39 Å². The van der Waals surface area contributed by atoms with Crippen molar-refractivity contribution in [2.45, 2.75) is 38.5 Å². The molecule has 1 aromatic carbocycles. The van der Waals surface area contributed by atoms with Crippen molar-refractivity contribution < 1.29 is 14.3 Å². The Morgan fingerprint density at radius 1 is 1.53 bits per heavy atom. The molecule has 0 heterocycles. The van der Waals surface area contributed by atoms with Gasteiger partial charge in [0, 0.05) is 0 Å². The van der Waals surface area contributed by atoms with E-state index in [1.54, 1.807) is 6.07 Å². The Bertz CT molecular complexity index is 440. The summed E-state index contributed by atoms with van der Waals surface area (Å²) in [7, 11) is 0. The zero-order valence-corrected chi connectivity index (χ0v) is 10.1. The molecule has 3 heteroatoms. The lowest BCUT2D eigenvalue weighted by Gasteiger charge is -2.16. The number of carboxylic acids is 1. The van der Waals surface area contributed by atoms with E-state index < -0.39 is 5.97 Å². The molecular weight excluding hydrogens is 219 g/mol. The van der Waals surface area contributed by atoms with Crippen molar-refractivity contribution in [3.63, 3.8) is 0 Å². The van der Waals surface area contributed by atoms with Crippen molar-refractivity contribution in [2.24, 2.45) is 5.92 Å². The third-order valence-electron chi connectivity index (χ3n) is 3.66. The molecule has 0 aromatic heterocycles. The highest BCUT2D eigenvalue weighted by Crippen LogP contribution is 2.47. The number of carbonyl (C=O) groups is 1. The van der Waals surface area contributed by atoms with E-state index in [0.717, 1.165) is 17.5 Å². The number of halogens is 1. The molecule has 1 N–H and O–H groups in total. The van der Waals surface area contributed by atoms with Crippen LogP contribution in [0.3, 0.4) is 0 Å². The Morgan fingerprint density at radius 3 is 2.82 bits per heavy atom. The maximum Gasteiger partial charge on any atom is 0.303 e. The number of benzene rings is 1. The molecule has 1 aliphatic carbocycles. The standard InChI is InChI=1S/C14H17FO2/c1-8(2)11-6-9(7-13(16)17)10-4-3-5-12(15)14(10)11/h3-5,8-9,11H,6-7H2,1-2H3,(H,16,17). The highest BCUT2D eigenvalue weighted by molar-refractivity contribution is 5.68. The fourth-order valence-electron chi connectivity index (χ4n) is 2.86. The van der Waals surface area contributed by atoms with E-state index in [0.29, 0.717) is 5.92 Å². The summed E-state index contributed by atoms with van der Waals surface area (Å²) in [5.74, 6) is -0.547. The molecule has 0 bridgehead atoms. The van der Waals surface area contributed by atoms with E-state index in [2.05, 4.69) is 13.8 Å². The number of aliphatic carboxylic acids is 1. The average Bonchev–Trinajstić information content (AvgIpc) is 2.58. The SMILES string of the molecule is CC(C)C1CC(CC(=O)O)c2cccc(F)c21. The van der Waals surface area contributed by atoms with Crippen LogP contribution in [0, 0.1) is 11.7 Å². The molecule has 1 aromatic rings. The molecular formula is C14H17FO2. The van der Waals surface area contributed by atoms with Crippen molar-refractivity contribution in [1.82, 2.24) is 0 Å². The van der Waals surface area contributed by atoms with Gasteiger partial charge < -0.3 is 5.11 Å². The molecule has 0 amide bonds. The summed E-state index contributed by atoms with van der Waals surface area (Å²) in [5, 5.41) is 8.90. The predicted octanol–water partition coefficient (Wildman–Crippen LogP) is 3.53. The lowest BCUT2D eigenvalue weighted by Crippen LogP contribution is -2.05. The van der Waals surface area contributed by atoms with Crippen LogP contribution in [0.15, 0.2) is 18.2 Å². The van der Waals surface area contributed by atoms with Gasteiger partial charge >= 0.3 is 5.97 Å². The van der Waals surface area contributed by atoms with Crippen molar-refractivity contribution >= 4 is 5.97 Å². The summed E-state index contributed by atoms with van der Waals surface area (Å²) in [6, 6.07) is 5.01. The lowest BCUT2D eigenvalue weighted by molar-refractivity contribution is -0.137. The van der Waals surface area contributed by atoms with Crippen molar-refractivity contribution in [3.05, 3.63) is 35.1 Å².